The van der Waals surface area contributed by atoms with Gasteiger partial charge in [0.15, 0.2) is 0 Å². The lowest BCUT2D eigenvalue weighted by Gasteiger charge is -2.34. The van der Waals surface area contributed by atoms with E-state index in [1.165, 1.54) is 11.1 Å². The molecule has 0 saturated carbocycles. The van der Waals surface area contributed by atoms with Crippen LogP contribution in [-0.4, -0.2) is 79.5 Å². The number of carbonyl (C=O) groups excluding carboxylic acids is 6. The molecule has 1 saturated heterocycles. The molecule has 3 aromatic rings. The quantitative estimate of drug-likeness (QED) is 0.0777. The lowest BCUT2D eigenvalue weighted by molar-refractivity contribution is -0.199. The van der Waals surface area contributed by atoms with Crippen LogP contribution in [0.5, 0.6) is 0 Å². The van der Waals surface area contributed by atoms with Crippen LogP contribution in [0.25, 0.3) is 6.08 Å². The van der Waals surface area contributed by atoms with Gasteiger partial charge in [0.05, 0.1) is 38.5 Å². The molecule has 1 fully saturated rings. The van der Waals surface area contributed by atoms with Gasteiger partial charge in [-0.3, -0.25) is 24.0 Å². The van der Waals surface area contributed by atoms with Crippen LogP contribution in [0, 0.1) is 16.7 Å². The molecule has 14 heteroatoms. The van der Waals surface area contributed by atoms with Gasteiger partial charge in [-0.2, -0.15) is 0 Å². The van der Waals surface area contributed by atoms with Gasteiger partial charge < -0.3 is 30.5 Å². The van der Waals surface area contributed by atoms with Crippen molar-refractivity contribution in [2.45, 2.75) is 79.8 Å². The molecular weight excluding hydrogens is 765 g/mol. The van der Waals surface area contributed by atoms with Crippen molar-refractivity contribution in [2.24, 2.45) is 16.7 Å². The predicted octanol–water partition coefficient (Wildman–Crippen LogP) is 4.68. The van der Waals surface area contributed by atoms with Crippen molar-refractivity contribution >= 4 is 47.3 Å². The van der Waals surface area contributed by atoms with Crippen molar-refractivity contribution in [3.05, 3.63) is 108 Å². The predicted molar refractivity (Wildman–Crippen MR) is 229 cm³/mol. The molecule has 60 heavy (non-hydrogen) atoms. The van der Waals surface area contributed by atoms with Gasteiger partial charge in [0.25, 0.3) is 11.8 Å². The zero-order valence-corrected chi connectivity index (χ0v) is 35.7. The fourth-order valence-corrected chi connectivity index (χ4v) is 6.58. The van der Waals surface area contributed by atoms with Crippen LogP contribution in [-0.2, 0) is 57.7 Å². The summed E-state index contributed by atoms with van der Waals surface area (Å²) in [5.74, 6) is -4.62. The van der Waals surface area contributed by atoms with Crippen molar-refractivity contribution in [3.63, 3.8) is 0 Å². The third kappa shape index (κ3) is 14.5. The molecule has 0 radical (unpaired) electrons. The summed E-state index contributed by atoms with van der Waals surface area (Å²) in [6.07, 6.45) is 2.79. The van der Waals surface area contributed by atoms with Crippen LogP contribution in [0.3, 0.4) is 0 Å². The first-order chi connectivity index (χ1) is 28.5. The molecule has 4 rings (SSSR count). The number of hydrogen-bond donors (Lipinski definition) is 4. The zero-order chi connectivity index (χ0) is 43.9. The molecule has 322 valence electrons. The monoisotopic (exact) mass is 824 g/mol. The first kappa shape index (κ1) is 46.8. The SMILES string of the molecule is C=Cc1ccccc1N(Cc1ccccc1CC)NCC(C)(C)COCC(C)(C)CC(=O)NCC(=O)NCC(=O)N[C@@H](Cc1ccccc1)C(=O)ON1C(=O)CC(C)C1=O. The standard InChI is InChI=1S/C46H60N6O8/c1-8-34-19-13-14-21-36(34)28-51(38-22-16-15-20-35(38)9-2)49-29-46(6,7)31-59-30-45(4,5)25-39(53)47-26-40(54)48-27-41(55)50-37(24-33-17-11-10-12-18-33)44(58)60-52-42(56)23-32(3)43(52)57/h9-22,32,37,49H,2,8,23-31H2,1,3-7H3,(H,47,53)(H,48,54)(H,50,55)/t32?,37-/m0/s1. The minimum atomic E-state index is -1.26. The largest absolute Gasteiger partial charge is 0.380 e. The van der Waals surface area contributed by atoms with Crippen LogP contribution >= 0.6 is 0 Å². The fourth-order valence-electron chi connectivity index (χ4n) is 6.58. The smallest absolute Gasteiger partial charge is 0.355 e. The molecular formula is C46H60N6O8. The number of benzene rings is 3. The Kier molecular flexibility index (Phi) is 17.1. The molecule has 0 bridgehead atoms. The molecule has 5 amide bonds. The molecule has 2 atom stereocenters. The number of ether oxygens (including phenoxy) is 1. The lowest BCUT2D eigenvalue weighted by atomic mass is 9.89. The van der Waals surface area contributed by atoms with Crippen LogP contribution in [0.2, 0.25) is 0 Å². The maximum Gasteiger partial charge on any atom is 0.355 e. The molecule has 1 unspecified atom stereocenters. The number of para-hydroxylation sites is 1. The first-order valence-electron chi connectivity index (χ1n) is 20.3. The second kappa shape index (κ2) is 21.9. The number of hydrazine groups is 1. The highest BCUT2D eigenvalue weighted by molar-refractivity contribution is 6.03. The summed E-state index contributed by atoms with van der Waals surface area (Å²) in [4.78, 5) is 80.9. The number of hydrogen-bond acceptors (Lipinski definition) is 10. The van der Waals surface area contributed by atoms with Gasteiger partial charge >= 0.3 is 5.97 Å². The molecule has 1 aliphatic rings. The van der Waals surface area contributed by atoms with E-state index in [4.69, 9.17) is 9.57 Å². The third-order valence-corrected chi connectivity index (χ3v) is 9.95. The number of nitrogens with zero attached hydrogens (tertiary/aromatic N) is 2. The Morgan fingerprint density at radius 2 is 1.47 bits per heavy atom. The van der Waals surface area contributed by atoms with Gasteiger partial charge in [0, 0.05) is 37.1 Å². The summed E-state index contributed by atoms with van der Waals surface area (Å²) in [7, 11) is 0. The summed E-state index contributed by atoms with van der Waals surface area (Å²) < 4.78 is 6.18. The Hall–Kier alpha value is -5.86. The van der Waals surface area contributed by atoms with Crippen molar-refractivity contribution in [1.29, 1.82) is 0 Å². The molecule has 1 aliphatic heterocycles. The minimum Gasteiger partial charge on any atom is -0.380 e. The average molecular weight is 825 g/mol. The number of imide groups is 1. The molecule has 0 aromatic heterocycles. The van der Waals surface area contributed by atoms with Crippen LogP contribution in [0.15, 0.2) is 85.4 Å². The van der Waals surface area contributed by atoms with E-state index in [1.54, 1.807) is 37.3 Å². The number of rotatable bonds is 23. The van der Waals surface area contributed by atoms with Crippen molar-refractivity contribution in [1.82, 2.24) is 26.4 Å². The Morgan fingerprint density at radius 1 is 0.850 bits per heavy atom. The second-order valence-electron chi connectivity index (χ2n) is 16.7. The van der Waals surface area contributed by atoms with Gasteiger partial charge in [0.1, 0.15) is 6.04 Å². The number of anilines is 1. The summed E-state index contributed by atoms with van der Waals surface area (Å²) in [5.41, 5.74) is 8.08. The van der Waals surface area contributed by atoms with Crippen molar-refractivity contribution < 1.29 is 38.3 Å². The van der Waals surface area contributed by atoms with E-state index < -0.39 is 53.5 Å². The Morgan fingerprint density at radius 3 is 2.13 bits per heavy atom. The van der Waals surface area contributed by atoms with Crippen molar-refractivity contribution in [2.75, 3.05) is 37.9 Å². The minimum absolute atomic E-state index is 0.00732. The Labute approximate surface area is 353 Å². The molecule has 0 spiro atoms. The van der Waals surface area contributed by atoms with Gasteiger partial charge in [-0.1, -0.05) is 127 Å². The number of nitrogens with one attached hydrogen (secondary N) is 4. The van der Waals surface area contributed by atoms with Gasteiger partial charge in [-0.25, -0.2) is 10.2 Å². The Bertz CT molecular complexity index is 1980. The second-order valence-corrected chi connectivity index (χ2v) is 16.7. The summed E-state index contributed by atoms with van der Waals surface area (Å²) >= 11 is 0. The van der Waals surface area contributed by atoms with E-state index in [2.05, 4.69) is 84.1 Å². The Balaban J connectivity index is 1.21. The summed E-state index contributed by atoms with van der Waals surface area (Å²) in [6, 6.07) is 24.1. The first-order valence-corrected chi connectivity index (χ1v) is 20.3. The molecule has 14 nitrogen and oxygen atoms in total. The summed E-state index contributed by atoms with van der Waals surface area (Å²) in [5, 5.41) is 10.1. The molecule has 3 aromatic carbocycles. The van der Waals surface area contributed by atoms with E-state index in [1.807, 2.05) is 38.1 Å². The number of amides is 5. The van der Waals surface area contributed by atoms with Crippen molar-refractivity contribution in [3.8, 4) is 0 Å². The average Bonchev–Trinajstić information content (AvgIpc) is 3.45. The van der Waals surface area contributed by atoms with E-state index in [-0.39, 0.29) is 37.1 Å². The number of aryl methyl sites for hydroxylation is 1. The maximum absolute atomic E-state index is 13.0. The molecule has 4 N–H and O–H groups in total. The third-order valence-electron chi connectivity index (χ3n) is 9.95. The van der Waals surface area contributed by atoms with Gasteiger partial charge in [-0.15, -0.1) is 5.06 Å². The van der Waals surface area contributed by atoms with Gasteiger partial charge in [0.2, 0.25) is 17.7 Å². The van der Waals surface area contributed by atoms with E-state index >= 15 is 0 Å². The highest BCUT2D eigenvalue weighted by atomic mass is 16.7. The topological polar surface area (TPSA) is 175 Å². The van der Waals surface area contributed by atoms with Crippen LogP contribution in [0.1, 0.15) is 76.6 Å². The van der Waals surface area contributed by atoms with Gasteiger partial charge in [-0.05, 0) is 40.2 Å². The number of carbonyl (C=O) groups is 6. The zero-order valence-electron chi connectivity index (χ0n) is 35.7. The van der Waals surface area contributed by atoms with E-state index in [9.17, 15) is 28.8 Å². The highest BCUT2D eigenvalue weighted by Crippen LogP contribution is 2.26. The fraction of sp³-hybridized carbons (Fsp3) is 0.435. The van der Waals surface area contributed by atoms with Crippen LogP contribution < -0.4 is 26.4 Å². The van der Waals surface area contributed by atoms with Crippen LogP contribution in [0.4, 0.5) is 5.69 Å². The van der Waals surface area contributed by atoms with E-state index in [0.717, 1.165) is 17.7 Å². The molecule has 0 aliphatic carbocycles. The summed E-state index contributed by atoms with van der Waals surface area (Å²) in [6.45, 7) is 16.9. The number of hydroxylamine groups is 2. The lowest BCUT2D eigenvalue weighted by Crippen LogP contribution is -2.50. The van der Waals surface area contributed by atoms with E-state index in [0.29, 0.717) is 36.9 Å². The normalized spacial score (nSPS) is 14.6. The molecule has 1 heterocycles. The maximum atomic E-state index is 13.0. The highest BCUT2D eigenvalue weighted by Gasteiger charge is 2.40.